The normalized spacial score (nSPS) is 21.3. The van der Waals surface area contributed by atoms with Gasteiger partial charge in [-0.2, -0.15) is 0 Å². The van der Waals surface area contributed by atoms with Crippen LogP contribution in [0, 0.1) is 6.92 Å². The first-order valence-corrected chi connectivity index (χ1v) is 6.85. The summed E-state index contributed by atoms with van der Waals surface area (Å²) in [6.45, 7) is 9.84. The smallest absolute Gasteiger partial charge is 0.400 e. The van der Waals surface area contributed by atoms with Crippen LogP contribution < -0.4 is 0 Å². The van der Waals surface area contributed by atoms with Crippen LogP contribution in [-0.2, 0) is 9.31 Å². The first-order valence-electron chi connectivity index (χ1n) is 6.85. The Labute approximate surface area is 121 Å². The third-order valence-electron chi connectivity index (χ3n) is 4.01. The summed E-state index contributed by atoms with van der Waals surface area (Å²) in [6, 6.07) is 3.90. The van der Waals surface area contributed by atoms with Crippen LogP contribution in [0.3, 0.4) is 0 Å². The summed E-state index contributed by atoms with van der Waals surface area (Å²) in [5, 5.41) is 9.59. The maximum Gasteiger partial charge on any atom is 0.492 e. The van der Waals surface area contributed by atoms with E-state index in [0.29, 0.717) is 5.47 Å². The molecule has 0 aromatic carbocycles. The lowest BCUT2D eigenvalue weighted by Crippen LogP contribution is -2.41. The number of aryl methyl sites for hydroxylation is 1. The zero-order valence-corrected chi connectivity index (χ0v) is 12.8. The van der Waals surface area contributed by atoms with Gasteiger partial charge < -0.3 is 14.4 Å². The maximum absolute atomic E-state index is 9.59. The van der Waals surface area contributed by atoms with E-state index in [4.69, 9.17) is 9.31 Å². The van der Waals surface area contributed by atoms with E-state index < -0.39 is 18.3 Å². The molecule has 1 saturated heterocycles. The fourth-order valence-electron chi connectivity index (χ4n) is 1.94. The molecule has 2 heterocycles. The van der Waals surface area contributed by atoms with E-state index in [9.17, 15) is 5.11 Å². The molecule has 1 fully saturated rings. The average Bonchev–Trinajstić information content (AvgIpc) is 2.57. The molecule has 4 nitrogen and oxygen atoms in total. The van der Waals surface area contributed by atoms with Gasteiger partial charge in [-0.25, -0.2) is 0 Å². The molecule has 0 radical (unpaired) electrons. The quantitative estimate of drug-likeness (QED) is 0.860. The van der Waals surface area contributed by atoms with Gasteiger partial charge >= 0.3 is 7.12 Å². The standard InChI is InChI=1S/C15H22BNO3/c1-11-6-7-13(17-9-11)8-12(10-18)16-19-14(2,3)15(4,5)20-16/h6-9,18H,10H2,1-5H3. The Kier molecular flexibility index (Phi) is 4.05. The van der Waals surface area contributed by atoms with Gasteiger partial charge in [0.25, 0.3) is 0 Å². The molecule has 108 valence electrons. The van der Waals surface area contributed by atoms with Gasteiger partial charge in [-0.15, -0.1) is 0 Å². The summed E-state index contributed by atoms with van der Waals surface area (Å²) < 4.78 is 11.9. The molecular weight excluding hydrogens is 253 g/mol. The first kappa shape index (κ1) is 15.2. The highest BCUT2D eigenvalue weighted by molar-refractivity contribution is 6.55. The Morgan fingerprint density at radius 3 is 2.30 bits per heavy atom. The molecule has 0 amide bonds. The second kappa shape index (κ2) is 5.32. The van der Waals surface area contributed by atoms with E-state index in [0.717, 1.165) is 11.3 Å². The van der Waals surface area contributed by atoms with Crippen molar-refractivity contribution in [2.75, 3.05) is 6.61 Å². The van der Waals surface area contributed by atoms with Crippen LogP contribution >= 0.6 is 0 Å². The minimum atomic E-state index is -0.534. The Balaban J connectivity index is 2.24. The topological polar surface area (TPSA) is 51.6 Å². The van der Waals surface area contributed by atoms with Crippen LogP contribution in [0.2, 0.25) is 0 Å². The van der Waals surface area contributed by atoms with Gasteiger partial charge in [0.1, 0.15) is 0 Å². The first-order chi connectivity index (χ1) is 9.25. The number of aliphatic hydroxyl groups excluding tert-OH is 1. The van der Waals surface area contributed by atoms with Crippen molar-refractivity contribution in [1.82, 2.24) is 4.98 Å². The zero-order chi connectivity index (χ0) is 15.0. The van der Waals surface area contributed by atoms with Crippen molar-refractivity contribution in [2.24, 2.45) is 0 Å². The maximum atomic E-state index is 9.59. The molecule has 0 saturated carbocycles. The molecule has 20 heavy (non-hydrogen) atoms. The van der Waals surface area contributed by atoms with Gasteiger partial charge in [0.2, 0.25) is 0 Å². The second-order valence-electron chi connectivity index (χ2n) is 6.23. The van der Waals surface area contributed by atoms with E-state index >= 15 is 0 Å². The summed E-state index contributed by atoms with van der Waals surface area (Å²) >= 11 is 0. The fourth-order valence-corrected chi connectivity index (χ4v) is 1.94. The van der Waals surface area contributed by atoms with Gasteiger partial charge in [-0.05, 0) is 57.8 Å². The molecular formula is C15H22BNO3. The Hall–Kier alpha value is -1.17. The number of nitrogens with zero attached hydrogens (tertiary/aromatic N) is 1. The van der Waals surface area contributed by atoms with Crippen molar-refractivity contribution in [2.45, 2.75) is 45.8 Å². The monoisotopic (exact) mass is 275 g/mol. The molecule has 0 atom stereocenters. The highest BCUT2D eigenvalue weighted by atomic mass is 16.7. The van der Waals surface area contributed by atoms with E-state index in [1.807, 2.05) is 52.8 Å². The number of hydrogen-bond donors (Lipinski definition) is 1. The Bertz CT molecular complexity index is 492. The molecule has 2 rings (SSSR count). The van der Waals surface area contributed by atoms with Crippen molar-refractivity contribution in [1.29, 1.82) is 0 Å². The van der Waals surface area contributed by atoms with Crippen molar-refractivity contribution in [3.8, 4) is 0 Å². The lowest BCUT2D eigenvalue weighted by atomic mass is 9.78. The highest BCUT2D eigenvalue weighted by Crippen LogP contribution is 2.38. The van der Waals surface area contributed by atoms with Crippen LogP contribution in [-0.4, -0.2) is 35.0 Å². The van der Waals surface area contributed by atoms with Gasteiger partial charge in [0, 0.05) is 6.20 Å². The van der Waals surface area contributed by atoms with Crippen LogP contribution in [0.1, 0.15) is 39.0 Å². The Morgan fingerprint density at radius 1 is 1.25 bits per heavy atom. The second-order valence-corrected chi connectivity index (χ2v) is 6.23. The molecule has 1 aromatic heterocycles. The van der Waals surface area contributed by atoms with E-state index in [1.165, 1.54) is 0 Å². The van der Waals surface area contributed by atoms with Crippen LogP contribution in [0.15, 0.2) is 23.8 Å². The molecule has 1 aliphatic heterocycles. The largest absolute Gasteiger partial charge is 0.492 e. The van der Waals surface area contributed by atoms with E-state index in [2.05, 4.69) is 4.98 Å². The summed E-state index contributed by atoms with van der Waals surface area (Å²) in [5.74, 6) is 0. The molecule has 0 unspecified atom stereocenters. The average molecular weight is 275 g/mol. The fraction of sp³-hybridized carbons (Fsp3) is 0.533. The Morgan fingerprint density at radius 2 is 1.85 bits per heavy atom. The molecule has 1 aliphatic rings. The SMILES string of the molecule is Cc1ccc(C=C(CO)B2OC(C)(C)C(C)(C)O2)nc1. The highest BCUT2D eigenvalue weighted by Gasteiger charge is 2.52. The lowest BCUT2D eigenvalue weighted by Gasteiger charge is -2.32. The number of aliphatic hydroxyl groups is 1. The zero-order valence-electron chi connectivity index (χ0n) is 12.8. The minimum Gasteiger partial charge on any atom is -0.400 e. The lowest BCUT2D eigenvalue weighted by molar-refractivity contribution is 0.00578. The minimum absolute atomic E-state index is 0.119. The van der Waals surface area contributed by atoms with Crippen molar-refractivity contribution in [3.05, 3.63) is 35.1 Å². The van der Waals surface area contributed by atoms with Crippen LogP contribution in [0.4, 0.5) is 0 Å². The van der Waals surface area contributed by atoms with Crippen molar-refractivity contribution >= 4 is 13.2 Å². The molecule has 1 aromatic rings. The predicted octanol–water partition coefficient (Wildman–Crippen LogP) is 2.40. The van der Waals surface area contributed by atoms with Gasteiger partial charge in [0.05, 0.1) is 23.5 Å². The van der Waals surface area contributed by atoms with Crippen LogP contribution in [0.25, 0.3) is 6.08 Å². The molecule has 5 heteroatoms. The summed E-state index contributed by atoms with van der Waals surface area (Å²) in [5.41, 5.74) is 1.75. The summed E-state index contributed by atoms with van der Waals surface area (Å²) in [7, 11) is -0.534. The third kappa shape index (κ3) is 2.95. The molecule has 1 N–H and O–H groups in total. The van der Waals surface area contributed by atoms with E-state index in [-0.39, 0.29) is 6.61 Å². The number of rotatable bonds is 3. The number of hydrogen-bond acceptors (Lipinski definition) is 4. The summed E-state index contributed by atoms with van der Waals surface area (Å²) in [6.07, 6.45) is 3.62. The van der Waals surface area contributed by atoms with Gasteiger partial charge in [-0.3, -0.25) is 4.98 Å². The van der Waals surface area contributed by atoms with Gasteiger partial charge in [0.15, 0.2) is 0 Å². The predicted molar refractivity (Wildman–Crippen MR) is 80.1 cm³/mol. The van der Waals surface area contributed by atoms with Crippen molar-refractivity contribution < 1.29 is 14.4 Å². The van der Waals surface area contributed by atoms with E-state index in [1.54, 1.807) is 6.20 Å². The molecule has 0 spiro atoms. The molecule has 0 aliphatic carbocycles. The van der Waals surface area contributed by atoms with Gasteiger partial charge in [-0.1, -0.05) is 6.07 Å². The number of aromatic nitrogens is 1. The van der Waals surface area contributed by atoms with Crippen LogP contribution in [0.5, 0.6) is 0 Å². The number of pyridine rings is 1. The van der Waals surface area contributed by atoms with Crippen molar-refractivity contribution in [3.63, 3.8) is 0 Å². The third-order valence-corrected chi connectivity index (χ3v) is 4.01. The molecule has 0 bridgehead atoms. The summed E-state index contributed by atoms with van der Waals surface area (Å²) in [4.78, 5) is 4.31.